The Balaban J connectivity index is 1.69. The predicted molar refractivity (Wildman–Crippen MR) is 116 cm³/mol. The number of likely N-dealkylation sites (N-methyl/N-ethyl adjacent to an activating group) is 1. The molecule has 1 amide bonds. The zero-order valence-electron chi connectivity index (χ0n) is 17.0. The second-order valence-corrected chi connectivity index (χ2v) is 8.80. The molecule has 7 nitrogen and oxygen atoms in total. The molecule has 0 bridgehead atoms. The summed E-state index contributed by atoms with van der Waals surface area (Å²) in [5.74, 6) is 0.605. The molecular weight excluding hydrogens is 416 g/mol. The van der Waals surface area contributed by atoms with Gasteiger partial charge in [-0.05, 0) is 54.3 Å². The average Bonchev–Trinajstić information content (AvgIpc) is 2.97. The van der Waals surface area contributed by atoms with Crippen molar-refractivity contribution in [1.29, 1.82) is 5.26 Å². The third kappa shape index (κ3) is 3.06. The second-order valence-electron chi connectivity index (χ2n) is 8.36. The van der Waals surface area contributed by atoms with E-state index in [9.17, 15) is 10.1 Å². The summed E-state index contributed by atoms with van der Waals surface area (Å²) in [6, 6.07) is 12.9. The normalized spacial score (nSPS) is 27.1. The Hall–Kier alpha value is -3.08. The quantitative estimate of drug-likeness (QED) is 0.739. The number of guanidine groups is 1. The van der Waals surface area contributed by atoms with Crippen molar-refractivity contribution in [2.24, 2.45) is 10.7 Å². The number of halogens is 1. The summed E-state index contributed by atoms with van der Waals surface area (Å²) in [6.45, 7) is 1.08. The highest BCUT2D eigenvalue weighted by molar-refractivity contribution is 6.31. The van der Waals surface area contributed by atoms with Gasteiger partial charge in [-0.15, -0.1) is 0 Å². The standard InChI is InChI=1S/C23H21ClN4O3/c1-28-20(29)23(27-21(28)26)12-22(5-2-6-30-13-22)31-19-4-3-15(10-18(19)23)16-7-14(11-25)8-17(24)9-16/h3-4,7-10H,2,5-6,12-13H2,1H3,(H2,26,27)/t22-,23-/m0/s1. The number of nitriles is 1. The van der Waals surface area contributed by atoms with Gasteiger partial charge in [0, 0.05) is 30.7 Å². The second kappa shape index (κ2) is 6.98. The molecule has 5 rings (SSSR count). The third-order valence-corrected chi connectivity index (χ3v) is 6.50. The average molecular weight is 437 g/mol. The Morgan fingerprint density at radius 2 is 2.10 bits per heavy atom. The summed E-state index contributed by atoms with van der Waals surface area (Å²) in [5, 5.41) is 9.77. The number of fused-ring (bicyclic) bond motifs is 2. The molecule has 0 aromatic heterocycles. The highest BCUT2D eigenvalue weighted by Crippen LogP contribution is 2.51. The van der Waals surface area contributed by atoms with Gasteiger partial charge in [-0.1, -0.05) is 17.7 Å². The molecule has 0 aliphatic carbocycles. The van der Waals surface area contributed by atoms with E-state index in [0.29, 0.717) is 41.5 Å². The number of nitrogens with two attached hydrogens (primary N) is 1. The first kappa shape index (κ1) is 19.9. The van der Waals surface area contributed by atoms with E-state index in [1.165, 1.54) is 4.90 Å². The lowest BCUT2D eigenvalue weighted by Gasteiger charge is -2.46. The third-order valence-electron chi connectivity index (χ3n) is 6.28. The zero-order chi connectivity index (χ0) is 21.8. The van der Waals surface area contributed by atoms with E-state index in [1.54, 1.807) is 25.2 Å². The lowest BCUT2D eigenvalue weighted by atomic mass is 9.74. The molecule has 1 fully saturated rings. The van der Waals surface area contributed by atoms with Crippen molar-refractivity contribution in [3.05, 3.63) is 52.5 Å². The van der Waals surface area contributed by atoms with E-state index in [2.05, 4.69) is 11.1 Å². The highest BCUT2D eigenvalue weighted by atomic mass is 35.5. The fourth-order valence-corrected chi connectivity index (χ4v) is 5.05. The zero-order valence-corrected chi connectivity index (χ0v) is 17.8. The lowest BCUT2D eigenvalue weighted by molar-refractivity contribution is -0.139. The fraction of sp³-hybridized carbons (Fsp3) is 0.348. The maximum Gasteiger partial charge on any atom is 0.261 e. The lowest BCUT2D eigenvalue weighted by Crippen LogP contribution is -2.55. The molecule has 2 N–H and O–H groups in total. The van der Waals surface area contributed by atoms with Gasteiger partial charge in [0.15, 0.2) is 11.5 Å². The van der Waals surface area contributed by atoms with Crippen LogP contribution in [0.5, 0.6) is 5.75 Å². The Kier molecular flexibility index (Phi) is 4.47. The minimum absolute atomic E-state index is 0.180. The van der Waals surface area contributed by atoms with Crippen LogP contribution < -0.4 is 10.5 Å². The topological polar surface area (TPSA) is 101 Å². The van der Waals surface area contributed by atoms with Crippen LogP contribution in [0, 0.1) is 11.3 Å². The molecule has 1 saturated heterocycles. The van der Waals surface area contributed by atoms with Crippen molar-refractivity contribution in [3.63, 3.8) is 0 Å². The molecule has 3 aliphatic rings. The molecule has 2 atom stereocenters. The molecular formula is C23H21ClN4O3. The molecule has 2 spiro atoms. The molecule has 0 saturated carbocycles. The van der Waals surface area contributed by atoms with Crippen molar-refractivity contribution in [1.82, 2.24) is 4.90 Å². The van der Waals surface area contributed by atoms with E-state index in [0.717, 1.165) is 24.0 Å². The SMILES string of the molecule is CN1C(=O)[C@@]2(C[C@]3(CCCOC3)Oc3ccc(-c4cc(Cl)cc(C#N)c4)cc32)N=C1N. The number of rotatable bonds is 1. The number of hydrogen-bond acceptors (Lipinski definition) is 6. The van der Waals surface area contributed by atoms with Crippen molar-refractivity contribution >= 4 is 23.5 Å². The summed E-state index contributed by atoms with van der Waals surface area (Å²) >= 11 is 6.21. The summed E-state index contributed by atoms with van der Waals surface area (Å²) < 4.78 is 12.2. The van der Waals surface area contributed by atoms with Gasteiger partial charge in [-0.2, -0.15) is 5.26 Å². The van der Waals surface area contributed by atoms with Crippen molar-refractivity contribution < 1.29 is 14.3 Å². The summed E-state index contributed by atoms with van der Waals surface area (Å²) in [4.78, 5) is 19.5. The van der Waals surface area contributed by atoms with Crippen LogP contribution in [0.4, 0.5) is 0 Å². The van der Waals surface area contributed by atoms with Crippen LogP contribution in [0.3, 0.4) is 0 Å². The molecule has 3 heterocycles. The molecule has 2 aromatic rings. The van der Waals surface area contributed by atoms with Crippen molar-refractivity contribution in [2.75, 3.05) is 20.3 Å². The number of nitrogens with zero attached hydrogens (tertiary/aromatic N) is 3. The van der Waals surface area contributed by atoms with Gasteiger partial charge in [-0.3, -0.25) is 9.69 Å². The van der Waals surface area contributed by atoms with Crippen LogP contribution in [0.25, 0.3) is 11.1 Å². The van der Waals surface area contributed by atoms with Gasteiger partial charge < -0.3 is 15.2 Å². The van der Waals surface area contributed by atoms with E-state index >= 15 is 0 Å². The minimum Gasteiger partial charge on any atom is -0.484 e. The first-order valence-electron chi connectivity index (χ1n) is 10.1. The molecule has 0 radical (unpaired) electrons. The van der Waals surface area contributed by atoms with Crippen LogP contribution in [-0.2, 0) is 15.1 Å². The van der Waals surface area contributed by atoms with E-state index in [1.807, 2.05) is 18.2 Å². The Labute approximate surface area is 185 Å². The number of carbonyl (C=O) groups is 1. The van der Waals surface area contributed by atoms with E-state index < -0.39 is 11.1 Å². The molecule has 0 unspecified atom stereocenters. The number of amides is 1. The minimum atomic E-state index is -1.17. The van der Waals surface area contributed by atoms with Crippen molar-refractivity contribution in [2.45, 2.75) is 30.4 Å². The Bertz CT molecular complexity index is 1170. The van der Waals surface area contributed by atoms with Gasteiger partial charge >= 0.3 is 0 Å². The maximum absolute atomic E-state index is 13.5. The summed E-state index contributed by atoms with van der Waals surface area (Å²) in [5.41, 5.74) is 7.01. The number of ether oxygens (including phenoxy) is 2. The van der Waals surface area contributed by atoms with Gasteiger partial charge in [0.2, 0.25) is 0 Å². The van der Waals surface area contributed by atoms with Crippen LogP contribution in [0.1, 0.15) is 30.4 Å². The first-order chi connectivity index (χ1) is 14.9. The van der Waals surface area contributed by atoms with E-state index in [-0.39, 0.29) is 11.9 Å². The molecule has 2 aromatic carbocycles. The summed E-state index contributed by atoms with van der Waals surface area (Å²) in [7, 11) is 1.63. The number of aliphatic imine (C=N–C) groups is 1. The maximum atomic E-state index is 13.5. The fourth-order valence-electron chi connectivity index (χ4n) is 4.81. The number of hydrogen-bond donors (Lipinski definition) is 1. The van der Waals surface area contributed by atoms with Gasteiger partial charge in [-0.25, -0.2) is 4.99 Å². The summed E-state index contributed by atoms with van der Waals surface area (Å²) in [6.07, 6.45) is 1.99. The van der Waals surface area contributed by atoms with Gasteiger partial charge in [0.25, 0.3) is 5.91 Å². The molecule has 3 aliphatic heterocycles. The van der Waals surface area contributed by atoms with Gasteiger partial charge in [0.05, 0.1) is 18.2 Å². The van der Waals surface area contributed by atoms with Crippen LogP contribution >= 0.6 is 11.6 Å². The van der Waals surface area contributed by atoms with Gasteiger partial charge in [0.1, 0.15) is 11.4 Å². The van der Waals surface area contributed by atoms with E-state index in [4.69, 9.17) is 26.8 Å². The predicted octanol–water partition coefficient (Wildman–Crippen LogP) is 3.19. The van der Waals surface area contributed by atoms with Crippen LogP contribution in [0.2, 0.25) is 5.02 Å². The molecule has 31 heavy (non-hydrogen) atoms. The Morgan fingerprint density at radius 1 is 1.26 bits per heavy atom. The number of benzene rings is 2. The van der Waals surface area contributed by atoms with Crippen LogP contribution in [0.15, 0.2) is 41.4 Å². The number of carbonyl (C=O) groups excluding carboxylic acids is 1. The smallest absolute Gasteiger partial charge is 0.261 e. The van der Waals surface area contributed by atoms with Crippen LogP contribution in [-0.4, -0.2) is 42.6 Å². The Morgan fingerprint density at radius 3 is 2.77 bits per heavy atom. The van der Waals surface area contributed by atoms with Crippen molar-refractivity contribution in [3.8, 4) is 22.9 Å². The first-order valence-corrected chi connectivity index (χ1v) is 10.5. The molecule has 158 valence electrons. The largest absolute Gasteiger partial charge is 0.484 e. The highest BCUT2D eigenvalue weighted by Gasteiger charge is 2.58. The molecule has 8 heteroatoms. The monoisotopic (exact) mass is 436 g/mol.